The molecule has 27 heavy (non-hydrogen) atoms. The molecule has 2 aromatic rings. The summed E-state index contributed by atoms with van der Waals surface area (Å²) >= 11 is 0. The van der Waals surface area contributed by atoms with Crippen LogP contribution in [0.15, 0.2) is 53.7 Å². The second-order valence-electron chi connectivity index (χ2n) is 6.11. The Morgan fingerprint density at radius 3 is 2.48 bits per heavy atom. The van der Waals surface area contributed by atoms with Crippen molar-refractivity contribution in [1.29, 1.82) is 0 Å². The molecule has 7 heteroatoms. The summed E-state index contributed by atoms with van der Waals surface area (Å²) in [6.07, 6.45) is 4.31. The molecule has 1 N–H and O–H groups in total. The van der Waals surface area contributed by atoms with Gasteiger partial charge in [0.25, 0.3) is 0 Å². The third kappa shape index (κ3) is 6.89. The van der Waals surface area contributed by atoms with E-state index in [1.807, 2.05) is 55.7 Å². The molecule has 1 aliphatic heterocycles. The first-order valence-corrected chi connectivity index (χ1v) is 9.06. The SMILES string of the molecule is CN=C(NCc1ccc(OCCOc2ccccc2)nc1)N1CCCC1.I. The van der Waals surface area contributed by atoms with E-state index >= 15 is 0 Å². The lowest BCUT2D eigenvalue weighted by molar-refractivity contribution is 0.212. The van der Waals surface area contributed by atoms with Crippen LogP contribution in [0.1, 0.15) is 18.4 Å². The summed E-state index contributed by atoms with van der Waals surface area (Å²) in [6, 6.07) is 13.6. The molecular formula is C20H27IN4O2. The standard InChI is InChI=1S/C20H26N4O2.HI/c1-21-20(24-11-5-6-12-24)23-16-17-9-10-19(22-15-17)26-14-13-25-18-7-3-2-4-8-18;/h2-4,7-10,15H,5-6,11-14,16H2,1H3,(H,21,23);1H. The van der Waals surface area contributed by atoms with Gasteiger partial charge in [0.1, 0.15) is 19.0 Å². The molecule has 0 aliphatic carbocycles. The first kappa shape index (κ1) is 21.3. The molecule has 0 radical (unpaired) electrons. The second kappa shape index (κ2) is 11.6. The Balaban J connectivity index is 0.00000261. The van der Waals surface area contributed by atoms with E-state index < -0.39 is 0 Å². The number of nitrogens with one attached hydrogen (secondary N) is 1. The number of nitrogens with zero attached hydrogens (tertiary/aromatic N) is 3. The van der Waals surface area contributed by atoms with Crippen molar-refractivity contribution in [3.8, 4) is 11.6 Å². The van der Waals surface area contributed by atoms with Gasteiger partial charge in [-0.25, -0.2) is 4.98 Å². The quantitative estimate of drug-likeness (QED) is 0.284. The molecule has 1 aromatic heterocycles. The van der Waals surface area contributed by atoms with E-state index in [1.165, 1.54) is 12.8 Å². The van der Waals surface area contributed by atoms with Crippen molar-refractivity contribution in [3.05, 3.63) is 54.2 Å². The lowest BCUT2D eigenvalue weighted by Gasteiger charge is -2.20. The number of hydrogen-bond acceptors (Lipinski definition) is 4. The van der Waals surface area contributed by atoms with E-state index in [0.717, 1.165) is 30.4 Å². The van der Waals surface area contributed by atoms with Crippen molar-refractivity contribution < 1.29 is 9.47 Å². The number of guanidine groups is 1. The van der Waals surface area contributed by atoms with Crippen molar-refractivity contribution in [2.75, 3.05) is 33.4 Å². The molecule has 2 heterocycles. The van der Waals surface area contributed by atoms with Crippen LogP contribution in [0.2, 0.25) is 0 Å². The summed E-state index contributed by atoms with van der Waals surface area (Å²) in [7, 11) is 1.83. The number of rotatable bonds is 7. The monoisotopic (exact) mass is 482 g/mol. The Hall–Kier alpha value is -2.03. The van der Waals surface area contributed by atoms with E-state index in [-0.39, 0.29) is 24.0 Å². The van der Waals surface area contributed by atoms with Crippen LogP contribution in [0.4, 0.5) is 0 Å². The van der Waals surface area contributed by atoms with Crippen molar-refractivity contribution in [1.82, 2.24) is 15.2 Å². The first-order valence-electron chi connectivity index (χ1n) is 9.06. The van der Waals surface area contributed by atoms with E-state index in [0.29, 0.717) is 25.6 Å². The van der Waals surface area contributed by atoms with Crippen LogP contribution in [0.25, 0.3) is 0 Å². The maximum atomic E-state index is 5.62. The molecule has 0 spiro atoms. The molecular weight excluding hydrogens is 455 g/mol. The summed E-state index contributed by atoms with van der Waals surface area (Å²) in [6.45, 7) is 3.81. The largest absolute Gasteiger partial charge is 0.490 e. The number of para-hydroxylation sites is 1. The van der Waals surface area contributed by atoms with Crippen LogP contribution < -0.4 is 14.8 Å². The smallest absolute Gasteiger partial charge is 0.213 e. The molecule has 0 saturated carbocycles. The van der Waals surface area contributed by atoms with Gasteiger partial charge in [-0.3, -0.25) is 4.99 Å². The van der Waals surface area contributed by atoms with E-state index in [4.69, 9.17) is 9.47 Å². The van der Waals surface area contributed by atoms with Gasteiger partial charge >= 0.3 is 0 Å². The predicted molar refractivity (Wildman–Crippen MR) is 118 cm³/mol. The van der Waals surface area contributed by atoms with Gasteiger partial charge in [0.2, 0.25) is 5.88 Å². The van der Waals surface area contributed by atoms with Gasteiger partial charge in [0.05, 0.1) is 0 Å². The van der Waals surface area contributed by atoms with Gasteiger partial charge in [0.15, 0.2) is 5.96 Å². The molecule has 1 aromatic carbocycles. The average molecular weight is 482 g/mol. The minimum absolute atomic E-state index is 0. The third-order valence-corrected chi connectivity index (χ3v) is 4.21. The number of aromatic nitrogens is 1. The van der Waals surface area contributed by atoms with Gasteiger partial charge in [-0.2, -0.15) is 0 Å². The molecule has 3 rings (SSSR count). The molecule has 1 aliphatic rings. The maximum Gasteiger partial charge on any atom is 0.213 e. The van der Waals surface area contributed by atoms with Crippen LogP contribution in [-0.2, 0) is 6.54 Å². The number of halogens is 1. The molecule has 0 atom stereocenters. The van der Waals surface area contributed by atoms with Crippen LogP contribution in [0.3, 0.4) is 0 Å². The molecule has 0 amide bonds. The minimum Gasteiger partial charge on any atom is -0.490 e. The lowest BCUT2D eigenvalue weighted by Crippen LogP contribution is -2.39. The van der Waals surface area contributed by atoms with Crippen LogP contribution in [-0.4, -0.2) is 49.2 Å². The molecule has 1 fully saturated rings. The fourth-order valence-corrected chi connectivity index (χ4v) is 2.87. The highest BCUT2D eigenvalue weighted by atomic mass is 127. The predicted octanol–water partition coefficient (Wildman–Crippen LogP) is 3.33. The van der Waals surface area contributed by atoms with Gasteiger partial charge in [-0.15, -0.1) is 24.0 Å². The number of aliphatic imine (C=N–C) groups is 1. The molecule has 6 nitrogen and oxygen atoms in total. The highest BCUT2D eigenvalue weighted by molar-refractivity contribution is 14.0. The molecule has 0 bridgehead atoms. The van der Waals surface area contributed by atoms with Crippen molar-refractivity contribution in [2.45, 2.75) is 19.4 Å². The Morgan fingerprint density at radius 1 is 1.07 bits per heavy atom. The zero-order chi connectivity index (χ0) is 18.0. The van der Waals surface area contributed by atoms with Crippen molar-refractivity contribution >= 4 is 29.9 Å². The van der Waals surface area contributed by atoms with E-state index in [2.05, 4.69) is 20.2 Å². The topological polar surface area (TPSA) is 59.0 Å². The average Bonchev–Trinajstić information content (AvgIpc) is 3.22. The van der Waals surface area contributed by atoms with E-state index in [9.17, 15) is 0 Å². The summed E-state index contributed by atoms with van der Waals surface area (Å²) < 4.78 is 11.2. The number of benzene rings is 1. The van der Waals surface area contributed by atoms with Crippen molar-refractivity contribution in [2.24, 2.45) is 4.99 Å². The van der Waals surface area contributed by atoms with Crippen molar-refractivity contribution in [3.63, 3.8) is 0 Å². The Bertz CT molecular complexity index is 689. The Labute approximate surface area is 178 Å². The summed E-state index contributed by atoms with van der Waals surface area (Å²) in [5.41, 5.74) is 1.10. The molecule has 1 saturated heterocycles. The summed E-state index contributed by atoms with van der Waals surface area (Å²) in [5, 5.41) is 3.39. The molecule has 0 unspecified atom stereocenters. The highest BCUT2D eigenvalue weighted by Gasteiger charge is 2.15. The second-order valence-corrected chi connectivity index (χ2v) is 6.11. The fraction of sp³-hybridized carbons (Fsp3) is 0.400. The lowest BCUT2D eigenvalue weighted by atomic mass is 10.3. The number of pyridine rings is 1. The minimum atomic E-state index is 0. The Morgan fingerprint density at radius 2 is 1.81 bits per heavy atom. The van der Waals surface area contributed by atoms with Gasteiger partial charge < -0.3 is 19.7 Å². The number of likely N-dealkylation sites (tertiary alicyclic amines) is 1. The highest BCUT2D eigenvalue weighted by Crippen LogP contribution is 2.11. The van der Waals surface area contributed by atoms with Gasteiger partial charge in [-0.1, -0.05) is 24.3 Å². The number of hydrogen-bond donors (Lipinski definition) is 1. The van der Waals surface area contributed by atoms with Crippen LogP contribution >= 0.6 is 24.0 Å². The number of ether oxygens (including phenoxy) is 2. The van der Waals surface area contributed by atoms with Gasteiger partial charge in [-0.05, 0) is 30.5 Å². The Kier molecular flexibility index (Phi) is 9.17. The summed E-state index contributed by atoms with van der Waals surface area (Å²) in [4.78, 5) is 11.0. The van der Waals surface area contributed by atoms with Gasteiger partial charge in [0, 0.05) is 38.9 Å². The van der Waals surface area contributed by atoms with Crippen LogP contribution in [0, 0.1) is 0 Å². The van der Waals surface area contributed by atoms with Crippen LogP contribution in [0.5, 0.6) is 11.6 Å². The fourth-order valence-electron chi connectivity index (χ4n) is 2.87. The molecule has 146 valence electrons. The third-order valence-electron chi connectivity index (χ3n) is 4.21. The first-order chi connectivity index (χ1) is 12.8. The van der Waals surface area contributed by atoms with E-state index in [1.54, 1.807) is 0 Å². The summed E-state index contributed by atoms with van der Waals surface area (Å²) in [5.74, 6) is 2.41. The maximum absolute atomic E-state index is 5.62. The zero-order valence-corrected chi connectivity index (χ0v) is 18.0. The zero-order valence-electron chi connectivity index (χ0n) is 15.6. The normalized spacial score (nSPS) is 13.8.